The first-order valence-corrected chi connectivity index (χ1v) is 8.83. The Hall–Kier alpha value is -2.50. The predicted octanol–water partition coefficient (Wildman–Crippen LogP) is 2.64. The number of carbonyl (C=O) groups is 2. The van der Waals surface area contributed by atoms with Gasteiger partial charge in [0, 0.05) is 50.9 Å². The maximum absolute atomic E-state index is 12.5. The number of hydrogen-bond acceptors (Lipinski definition) is 3. The maximum Gasteiger partial charge on any atom is 0.409 e. The van der Waals surface area contributed by atoms with Gasteiger partial charge in [-0.3, -0.25) is 4.79 Å². The standard InChI is InChI=1S/C19H25N3O3/c1-3-25-19(24)22-12-10-21(11-13-22)18(23)7-9-20-8-6-16-14-15(2)4-5-17(16)20/h4-6,8,14H,3,7,9-13H2,1-2H3. The van der Waals surface area contributed by atoms with Gasteiger partial charge in [0.25, 0.3) is 0 Å². The molecule has 1 aliphatic heterocycles. The lowest BCUT2D eigenvalue weighted by Crippen LogP contribution is -2.50. The van der Waals surface area contributed by atoms with E-state index in [4.69, 9.17) is 4.74 Å². The molecule has 1 fully saturated rings. The number of piperazine rings is 1. The molecule has 6 nitrogen and oxygen atoms in total. The summed E-state index contributed by atoms with van der Waals surface area (Å²) < 4.78 is 7.13. The average Bonchev–Trinajstić information content (AvgIpc) is 3.02. The van der Waals surface area contributed by atoms with Crippen LogP contribution in [-0.2, 0) is 16.1 Å². The molecule has 0 saturated carbocycles. The highest BCUT2D eigenvalue weighted by atomic mass is 16.6. The van der Waals surface area contributed by atoms with Crippen molar-refractivity contribution < 1.29 is 14.3 Å². The van der Waals surface area contributed by atoms with Crippen molar-refractivity contribution in [1.29, 1.82) is 0 Å². The molecule has 134 valence electrons. The summed E-state index contributed by atoms with van der Waals surface area (Å²) in [5.74, 6) is 0.137. The highest BCUT2D eigenvalue weighted by Gasteiger charge is 2.24. The van der Waals surface area contributed by atoms with Crippen LogP contribution in [0.1, 0.15) is 18.9 Å². The van der Waals surface area contributed by atoms with Crippen molar-refractivity contribution in [1.82, 2.24) is 14.4 Å². The predicted molar refractivity (Wildman–Crippen MR) is 96.5 cm³/mol. The molecule has 1 aliphatic rings. The summed E-state index contributed by atoms with van der Waals surface area (Å²) in [6.45, 7) is 7.14. The molecule has 2 amide bonds. The number of aromatic nitrogens is 1. The lowest BCUT2D eigenvalue weighted by Gasteiger charge is -2.34. The Morgan fingerprint density at radius 1 is 1.08 bits per heavy atom. The molecule has 1 aromatic carbocycles. The molecule has 6 heteroatoms. The zero-order valence-corrected chi connectivity index (χ0v) is 14.9. The maximum atomic E-state index is 12.5. The van der Waals surface area contributed by atoms with E-state index in [0.29, 0.717) is 45.8 Å². The average molecular weight is 343 g/mol. The minimum Gasteiger partial charge on any atom is -0.450 e. The fourth-order valence-electron chi connectivity index (χ4n) is 3.24. The molecular weight excluding hydrogens is 318 g/mol. The molecule has 1 aromatic heterocycles. The summed E-state index contributed by atoms with van der Waals surface area (Å²) in [7, 11) is 0. The number of carbonyl (C=O) groups excluding carboxylic acids is 2. The van der Waals surface area contributed by atoms with Crippen LogP contribution in [0, 0.1) is 6.92 Å². The van der Waals surface area contributed by atoms with Crippen LogP contribution in [-0.4, -0.2) is 59.2 Å². The van der Waals surface area contributed by atoms with Gasteiger partial charge in [0.05, 0.1) is 6.61 Å². The van der Waals surface area contributed by atoms with E-state index in [1.54, 1.807) is 11.8 Å². The van der Waals surface area contributed by atoms with Gasteiger partial charge < -0.3 is 19.1 Å². The molecule has 0 N–H and O–H groups in total. The Balaban J connectivity index is 1.52. The van der Waals surface area contributed by atoms with Crippen LogP contribution in [0.25, 0.3) is 10.9 Å². The largest absolute Gasteiger partial charge is 0.450 e. The molecule has 2 aromatic rings. The van der Waals surface area contributed by atoms with Crippen molar-refractivity contribution in [3.05, 3.63) is 36.0 Å². The SMILES string of the molecule is CCOC(=O)N1CCN(C(=O)CCn2ccc3cc(C)ccc32)CC1. The van der Waals surface area contributed by atoms with Crippen molar-refractivity contribution in [2.75, 3.05) is 32.8 Å². The van der Waals surface area contributed by atoms with Crippen LogP contribution in [0.3, 0.4) is 0 Å². The van der Waals surface area contributed by atoms with E-state index < -0.39 is 0 Å². The van der Waals surface area contributed by atoms with Crippen LogP contribution in [0.2, 0.25) is 0 Å². The number of nitrogens with zero attached hydrogens (tertiary/aromatic N) is 3. The lowest BCUT2D eigenvalue weighted by molar-refractivity contribution is -0.133. The Kier molecular flexibility index (Phi) is 5.26. The van der Waals surface area contributed by atoms with Crippen molar-refractivity contribution in [3.63, 3.8) is 0 Å². The van der Waals surface area contributed by atoms with Crippen molar-refractivity contribution in [3.8, 4) is 0 Å². The van der Waals surface area contributed by atoms with Crippen LogP contribution in [0.4, 0.5) is 4.79 Å². The number of fused-ring (bicyclic) bond motifs is 1. The Morgan fingerprint density at radius 2 is 1.80 bits per heavy atom. The number of hydrogen-bond donors (Lipinski definition) is 0. The van der Waals surface area contributed by atoms with Crippen molar-refractivity contribution in [2.45, 2.75) is 26.8 Å². The second-order valence-corrected chi connectivity index (χ2v) is 6.39. The molecule has 25 heavy (non-hydrogen) atoms. The molecule has 0 spiro atoms. The van der Waals surface area contributed by atoms with Gasteiger partial charge in [0.2, 0.25) is 5.91 Å². The van der Waals surface area contributed by atoms with Gasteiger partial charge in [-0.15, -0.1) is 0 Å². The second kappa shape index (κ2) is 7.59. The van der Waals surface area contributed by atoms with Crippen LogP contribution >= 0.6 is 0 Å². The van der Waals surface area contributed by atoms with E-state index in [1.165, 1.54) is 10.9 Å². The minimum absolute atomic E-state index is 0.137. The van der Waals surface area contributed by atoms with E-state index in [9.17, 15) is 9.59 Å². The van der Waals surface area contributed by atoms with Crippen LogP contribution < -0.4 is 0 Å². The normalized spacial score (nSPS) is 14.8. The lowest BCUT2D eigenvalue weighted by atomic mass is 10.2. The molecule has 0 aliphatic carbocycles. The smallest absolute Gasteiger partial charge is 0.409 e. The summed E-state index contributed by atoms with van der Waals surface area (Å²) in [4.78, 5) is 27.7. The number of rotatable bonds is 4. The Morgan fingerprint density at radius 3 is 2.52 bits per heavy atom. The first kappa shape index (κ1) is 17.3. The van der Waals surface area contributed by atoms with E-state index in [1.807, 2.05) is 11.1 Å². The number of aryl methyl sites for hydroxylation is 2. The van der Waals surface area contributed by atoms with Gasteiger partial charge in [0.15, 0.2) is 0 Å². The Labute approximate surface area is 147 Å². The van der Waals surface area contributed by atoms with Gasteiger partial charge in [-0.05, 0) is 37.4 Å². The highest BCUT2D eigenvalue weighted by Crippen LogP contribution is 2.18. The molecule has 0 atom stereocenters. The molecular formula is C19H25N3O3. The topological polar surface area (TPSA) is 54.8 Å². The molecule has 0 bridgehead atoms. The van der Waals surface area contributed by atoms with E-state index in [2.05, 4.69) is 35.8 Å². The van der Waals surface area contributed by atoms with Gasteiger partial charge in [0.1, 0.15) is 0 Å². The van der Waals surface area contributed by atoms with Crippen molar-refractivity contribution in [2.24, 2.45) is 0 Å². The van der Waals surface area contributed by atoms with Gasteiger partial charge in [-0.2, -0.15) is 0 Å². The Bertz CT molecular complexity index is 760. The van der Waals surface area contributed by atoms with E-state index in [-0.39, 0.29) is 12.0 Å². The molecule has 0 radical (unpaired) electrons. The quantitative estimate of drug-likeness (QED) is 0.857. The monoisotopic (exact) mass is 343 g/mol. The zero-order chi connectivity index (χ0) is 17.8. The summed E-state index contributed by atoms with van der Waals surface area (Å²) in [6.07, 6.45) is 2.22. The summed E-state index contributed by atoms with van der Waals surface area (Å²) in [5, 5.41) is 1.20. The number of benzene rings is 1. The molecule has 1 saturated heterocycles. The number of amides is 2. The fourth-order valence-corrected chi connectivity index (χ4v) is 3.24. The van der Waals surface area contributed by atoms with Gasteiger partial charge in [-0.25, -0.2) is 4.79 Å². The third-order valence-electron chi connectivity index (χ3n) is 4.65. The number of ether oxygens (including phenoxy) is 1. The third-order valence-corrected chi connectivity index (χ3v) is 4.65. The summed E-state index contributed by atoms with van der Waals surface area (Å²) in [5.41, 5.74) is 2.39. The first-order chi connectivity index (χ1) is 12.1. The van der Waals surface area contributed by atoms with Gasteiger partial charge in [-0.1, -0.05) is 11.6 Å². The van der Waals surface area contributed by atoms with Gasteiger partial charge >= 0.3 is 6.09 Å². The molecule has 0 unspecified atom stereocenters. The van der Waals surface area contributed by atoms with E-state index >= 15 is 0 Å². The third kappa shape index (κ3) is 3.95. The van der Waals surface area contributed by atoms with Crippen LogP contribution in [0.5, 0.6) is 0 Å². The second-order valence-electron chi connectivity index (χ2n) is 6.39. The summed E-state index contributed by atoms with van der Waals surface area (Å²) in [6, 6.07) is 8.44. The minimum atomic E-state index is -0.288. The zero-order valence-electron chi connectivity index (χ0n) is 14.9. The summed E-state index contributed by atoms with van der Waals surface area (Å²) >= 11 is 0. The fraction of sp³-hybridized carbons (Fsp3) is 0.474. The van der Waals surface area contributed by atoms with Crippen molar-refractivity contribution >= 4 is 22.9 Å². The molecule has 2 heterocycles. The van der Waals surface area contributed by atoms with E-state index in [0.717, 1.165) is 5.52 Å². The molecule has 3 rings (SSSR count). The highest BCUT2D eigenvalue weighted by molar-refractivity contribution is 5.81. The van der Waals surface area contributed by atoms with Crippen LogP contribution in [0.15, 0.2) is 30.5 Å². The first-order valence-electron chi connectivity index (χ1n) is 8.83.